The number of hydrogen-bond acceptors (Lipinski definition) is 3. The fourth-order valence-electron chi connectivity index (χ4n) is 1.56. The van der Waals surface area contributed by atoms with Crippen molar-refractivity contribution in [3.8, 4) is 5.75 Å². The zero-order valence-electron chi connectivity index (χ0n) is 10.8. The van der Waals surface area contributed by atoms with Gasteiger partial charge in [0, 0.05) is 5.02 Å². The molecule has 6 heteroatoms. The predicted octanol–water partition coefficient (Wildman–Crippen LogP) is 3.50. The van der Waals surface area contributed by atoms with Gasteiger partial charge in [-0.2, -0.15) is 0 Å². The van der Waals surface area contributed by atoms with Crippen molar-refractivity contribution in [2.75, 3.05) is 17.9 Å². The summed E-state index contributed by atoms with van der Waals surface area (Å²) in [4.78, 5) is 11.8. The highest BCUT2D eigenvalue weighted by Crippen LogP contribution is 2.22. The van der Waals surface area contributed by atoms with Crippen molar-refractivity contribution in [3.63, 3.8) is 0 Å². The van der Waals surface area contributed by atoms with Crippen LogP contribution in [0.25, 0.3) is 0 Å². The lowest BCUT2D eigenvalue weighted by atomic mass is 10.3. The van der Waals surface area contributed by atoms with E-state index in [0.717, 1.165) is 5.69 Å². The number of carbonyl (C=O) groups is 1. The molecule has 0 spiro atoms. The molecule has 3 N–H and O–H groups in total. The summed E-state index contributed by atoms with van der Waals surface area (Å²) in [6.07, 6.45) is 0. The number of halogens is 1. The Hall–Kier alpha value is -2.40. The quantitative estimate of drug-likeness (QED) is 0.756. The molecule has 0 aliphatic carbocycles. The standard InChI is InChI=1S/C14H14ClN3O2/c1-20-13-5-3-2-4-12(13)16-14(19)18-17-11-8-6-10(15)7-9-11/h2-9,17H,1H3,(H2,16,18,19). The average Bonchev–Trinajstić information content (AvgIpc) is 2.47. The molecule has 20 heavy (non-hydrogen) atoms. The van der Waals surface area contributed by atoms with Crippen LogP contribution in [0.15, 0.2) is 48.5 Å². The SMILES string of the molecule is COc1ccccc1NC(=O)NNc1ccc(Cl)cc1. The summed E-state index contributed by atoms with van der Waals surface area (Å²) in [5, 5.41) is 3.31. The van der Waals surface area contributed by atoms with E-state index in [2.05, 4.69) is 16.2 Å². The molecule has 0 saturated carbocycles. The molecule has 104 valence electrons. The van der Waals surface area contributed by atoms with E-state index in [1.807, 2.05) is 12.1 Å². The zero-order valence-corrected chi connectivity index (χ0v) is 11.6. The van der Waals surface area contributed by atoms with Crippen molar-refractivity contribution in [1.29, 1.82) is 0 Å². The number of carbonyl (C=O) groups excluding carboxylic acids is 1. The normalized spacial score (nSPS) is 9.70. The number of methoxy groups -OCH3 is 1. The molecule has 0 aliphatic heterocycles. The van der Waals surface area contributed by atoms with Gasteiger partial charge in [-0.15, -0.1) is 0 Å². The Morgan fingerprint density at radius 1 is 1.10 bits per heavy atom. The maximum Gasteiger partial charge on any atom is 0.337 e. The van der Waals surface area contributed by atoms with Gasteiger partial charge >= 0.3 is 6.03 Å². The third-order valence-electron chi connectivity index (χ3n) is 2.52. The van der Waals surface area contributed by atoms with Crippen molar-refractivity contribution in [1.82, 2.24) is 5.43 Å². The van der Waals surface area contributed by atoms with Crippen LogP contribution in [0.3, 0.4) is 0 Å². The minimum Gasteiger partial charge on any atom is -0.495 e. The van der Waals surface area contributed by atoms with E-state index in [1.165, 1.54) is 0 Å². The van der Waals surface area contributed by atoms with E-state index >= 15 is 0 Å². The summed E-state index contributed by atoms with van der Waals surface area (Å²) < 4.78 is 5.14. The second kappa shape index (κ2) is 6.68. The predicted molar refractivity (Wildman–Crippen MR) is 80.2 cm³/mol. The van der Waals surface area contributed by atoms with E-state index in [9.17, 15) is 4.79 Å². The molecule has 0 heterocycles. The van der Waals surface area contributed by atoms with Crippen LogP contribution in [0.1, 0.15) is 0 Å². The Balaban J connectivity index is 1.91. The summed E-state index contributed by atoms with van der Waals surface area (Å²) in [5.74, 6) is 0.592. The third kappa shape index (κ3) is 3.80. The number of anilines is 2. The first-order valence-corrected chi connectivity index (χ1v) is 6.28. The van der Waals surface area contributed by atoms with E-state index < -0.39 is 6.03 Å². The number of benzene rings is 2. The smallest absolute Gasteiger partial charge is 0.337 e. The number of urea groups is 1. The first-order valence-electron chi connectivity index (χ1n) is 5.90. The number of rotatable bonds is 4. The maximum atomic E-state index is 11.8. The highest BCUT2D eigenvalue weighted by Gasteiger charge is 2.05. The summed E-state index contributed by atoms with van der Waals surface area (Å²) in [6, 6.07) is 13.7. The molecule has 0 radical (unpaired) electrons. The number of hydrogen-bond donors (Lipinski definition) is 3. The number of nitrogens with one attached hydrogen (secondary N) is 3. The summed E-state index contributed by atoms with van der Waals surface area (Å²) >= 11 is 5.77. The summed E-state index contributed by atoms with van der Waals surface area (Å²) in [5.41, 5.74) is 6.60. The fourth-order valence-corrected chi connectivity index (χ4v) is 1.69. The topological polar surface area (TPSA) is 62.4 Å². The fraction of sp³-hybridized carbons (Fsp3) is 0.0714. The average molecular weight is 292 g/mol. The third-order valence-corrected chi connectivity index (χ3v) is 2.77. The minimum atomic E-state index is -0.399. The Labute approximate surface area is 121 Å². The molecule has 0 saturated heterocycles. The van der Waals surface area contributed by atoms with Crippen molar-refractivity contribution >= 4 is 29.0 Å². The van der Waals surface area contributed by atoms with Gasteiger partial charge in [0.05, 0.1) is 18.5 Å². The van der Waals surface area contributed by atoms with Gasteiger partial charge in [0.1, 0.15) is 5.75 Å². The highest BCUT2D eigenvalue weighted by atomic mass is 35.5. The number of hydrazine groups is 1. The molecular formula is C14H14ClN3O2. The maximum absolute atomic E-state index is 11.8. The molecule has 0 bridgehead atoms. The van der Waals surface area contributed by atoms with Crippen molar-refractivity contribution in [2.45, 2.75) is 0 Å². The van der Waals surface area contributed by atoms with Crippen LogP contribution in [0.2, 0.25) is 5.02 Å². The van der Waals surface area contributed by atoms with Gasteiger partial charge < -0.3 is 10.1 Å². The van der Waals surface area contributed by atoms with Gasteiger partial charge in [-0.3, -0.25) is 10.9 Å². The number of ether oxygens (including phenoxy) is 1. The minimum absolute atomic E-state index is 0.399. The summed E-state index contributed by atoms with van der Waals surface area (Å²) in [6.45, 7) is 0. The lowest BCUT2D eigenvalue weighted by Gasteiger charge is -2.12. The van der Waals surface area contributed by atoms with Crippen LogP contribution in [0, 0.1) is 0 Å². The van der Waals surface area contributed by atoms with Gasteiger partial charge in [0.25, 0.3) is 0 Å². The number of amides is 2. The van der Waals surface area contributed by atoms with Crippen LogP contribution >= 0.6 is 11.6 Å². The summed E-state index contributed by atoms with van der Waals surface area (Å²) in [7, 11) is 1.55. The number of para-hydroxylation sites is 2. The van der Waals surface area contributed by atoms with E-state index in [4.69, 9.17) is 16.3 Å². The molecule has 5 nitrogen and oxygen atoms in total. The molecule has 0 atom stereocenters. The monoisotopic (exact) mass is 291 g/mol. The molecule has 2 aromatic rings. The van der Waals surface area contributed by atoms with Gasteiger partial charge in [0.2, 0.25) is 0 Å². The van der Waals surface area contributed by atoms with Crippen LogP contribution in [0.4, 0.5) is 16.2 Å². The molecule has 2 aromatic carbocycles. The molecule has 0 unspecified atom stereocenters. The van der Waals surface area contributed by atoms with Crippen LogP contribution < -0.4 is 20.9 Å². The second-order valence-corrected chi connectivity index (χ2v) is 4.35. The molecule has 0 fully saturated rings. The van der Waals surface area contributed by atoms with E-state index in [1.54, 1.807) is 43.5 Å². The Kier molecular flexibility index (Phi) is 4.68. The lowest BCUT2D eigenvalue weighted by Crippen LogP contribution is -2.33. The first-order chi connectivity index (χ1) is 9.69. The Morgan fingerprint density at radius 3 is 2.50 bits per heavy atom. The van der Waals surface area contributed by atoms with Crippen LogP contribution in [0.5, 0.6) is 5.75 Å². The van der Waals surface area contributed by atoms with Gasteiger partial charge in [-0.05, 0) is 36.4 Å². The molecule has 0 aliphatic rings. The van der Waals surface area contributed by atoms with Crippen molar-refractivity contribution < 1.29 is 9.53 Å². The second-order valence-electron chi connectivity index (χ2n) is 3.91. The van der Waals surface area contributed by atoms with Crippen LogP contribution in [-0.2, 0) is 0 Å². The lowest BCUT2D eigenvalue weighted by molar-refractivity contribution is 0.253. The molecule has 2 rings (SSSR count). The van der Waals surface area contributed by atoms with Crippen molar-refractivity contribution in [3.05, 3.63) is 53.6 Å². The molecule has 2 amide bonds. The zero-order chi connectivity index (χ0) is 14.4. The van der Waals surface area contributed by atoms with Gasteiger partial charge in [-0.1, -0.05) is 23.7 Å². The Morgan fingerprint density at radius 2 is 1.80 bits per heavy atom. The molecular weight excluding hydrogens is 278 g/mol. The largest absolute Gasteiger partial charge is 0.495 e. The molecule has 0 aromatic heterocycles. The Bertz CT molecular complexity index is 587. The van der Waals surface area contributed by atoms with E-state index in [0.29, 0.717) is 16.5 Å². The van der Waals surface area contributed by atoms with Gasteiger partial charge in [0.15, 0.2) is 0 Å². The van der Waals surface area contributed by atoms with Crippen molar-refractivity contribution in [2.24, 2.45) is 0 Å². The first kappa shape index (κ1) is 14.0. The van der Waals surface area contributed by atoms with Crippen LogP contribution in [-0.4, -0.2) is 13.1 Å². The highest BCUT2D eigenvalue weighted by molar-refractivity contribution is 6.30. The van der Waals surface area contributed by atoms with Gasteiger partial charge in [-0.25, -0.2) is 4.79 Å². The van der Waals surface area contributed by atoms with E-state index in [-0.39, 0.29) is 0 Å².